The van der Waals surface area contributed by atoms with Gasteiger partial charge in [-0.15, -0.1) is 0 Å². The Morgan fingerprint density at radius 1 is 1.70 bits per heavy atom. The molecule has 0 aromatic rings. The van der Waals surface area contributed by atoms with Crippen LogP contribution in [0.15, 0.2) is 0 Å². The molecule has 0 aromatic heterocycles. The van der Waals surface area contributed by atoms with Crippen molar-refractivity contribution in [3.8, 4) is 0 Å². The molecule has 1 rings (SSSR count). The smallest absolute Gasteiger partial charge is 0.303 e. The quantitative estimate of drug-likeness (QED) is 0.643. The normalized spacial score (nSPS) is 25.0. The van der Waals surface area contributed by atoms with Crippen molar-refractivity contribution in [1.29, 1.82) is 0 Å². The summed E-state index contributed by atoms with van der Waals surface area (Å²) in [5.41, 5.74) is 0. The molecule has 0 aliphatic carbocycles. The van der Waals surface area contributed by atoms with E-state index in [1.165, 1.54) is 0 Å². The van der Waals surface area contributed by atoms with Crippen molar-refractivity contribution in [3.05, 3.63) is 0 Å². The third kappa shape index (κ3) is 2.35. The molecule has 0 unspecified atom stereocenters. The Labute approximate surface area is 60.0 Å². The van der Waals surface area contributed by atoms with Crippen molar-refractivity contribution in [2.75, 3.05) is 6.61 Å². The fraction of sp³-hybridized carbons (Fsp3) is 0.857. The first-order valence-electron chi connectivity index (χ1n) is 3.62. The number of carbonyl (C=O) groups is 1. The molecule has 1 heterocycles. The van der Waals surface area contributed by atoms with Gasteiger partial charge in [-0.1, -0.05) is 0 Å². The van der Waals surface area contributed by atoms with Crippen LogP contribution in [0.1, 0.15) is 25.7 Å². The second-order valence-corrected chi connectivity index (χ2v) is 2.57. The fourth-order valence-electron chi connectivity index (χ4n) is 1.16. The summed E-state index contributed by atoms with van der Waals surface area (Å²) in [6.07, 6.45) is 3.26. The lowest BCUT2D eigenvalue weighted by Crippen LogP contribution is -2.07. The maximum atomic E-state index is 10.1. The molecular weight excluding hydrogens is 132 g/mol. The van der Waals surface area contributed by atoms with Gasteiger partial charge in [-0.25, -0.2) is 0 Å². The highest BCUT2D eigenvalue weighted by atomic mass is 16.5. The van der Waals surface area contributed by atoms with Crippen LogP contribution in [-0.2, 0) is 9.53 Å². The van der Waals surface area contributed by atoms with Crippen LogP contribution in [0.25, 0.3) is 0 Å². The van der Waals surface area contributed by atoms with Crippen molar-refractivity contribution >= 4 is 5.97 Å². The molecule has 3 heteroatoms. The van der Waals surface area contributed by atoms with Gasteiger partial charge in [0.25, 0.3) is 0 Å². The minimum Gasteiger partial charge on any atom is -0.481 e. The van der Waals surface area contributed by atoms with Gasteiger partial charge >= 0.3 is 5.97 Å². The third-order valence-corrected chi connectivity index (χ3v) is 1.70. The van der Waals surface area contributed by atoms with Crippen LogP contribution in [0, 0.1) is 0 Å². The van der Waals surface area contributed by atoms with Crippen molar-refractivity contribution in [2.45, 2.75) is 31.8 Å². The number of aliphatic carboxylic acids is 1. The number of hydrogen-bond donors (Lipinski definition) is 1. The summed E-state index contributed by atoms with van der Waals surface area (Å²) >= 11 is 0. The van der Waals surface area contributed by atoms with E-state index in [-0.39, 0.29) is 12.5 Å². The summed E-state index contributed by atoms with van der Waals surface area (Å²) in [5, 5.41) is 8.32. The Kier molecular flexibility index (Phi) is 2.68. The van der Waals surface area contributed by atoms with Crippen LogP contribution in [0.2, 0.25) is 0 Å². The average Bonchev–Trinajstić information content (AvgIpc) is 2.34. The van der Waals surface area contributed by atoms with E-state index in [1.54, 1.807) is 0 Å². The van der Waals surface area contributed by atoms with E-state index in [9.17, 15) is 4.79 Å². The van der Waals surface area contributed by atoms with Crippen molar-refractivity contribution in [3.63, 3.8) is 0 Å². The molecule has 3 nitrogen and oxygen atoms in total. The Hall–Kier alpha value is -0.570. The van der Waals surface area contributed by atoms with Gasteiger partial charge in [-0.3, -0.25) is 4.79 Å². The lowest BCUT2D eigenvalue weighted by Gasteiger charge is -2.05. The highest BCUT2D eigenvalue weighted by Gasteiger charge is 2.15. The first-order valence-corrected chi connectivity index (χ1v) is 3.62. The molecule has 0 radical (unpaired) electrons. The van der Waals surface area contributed by atoms with Gasteiger partial charge in [0.15, 0.2) is 0 Å². The average molecular weight is 144 g/mol. The molecule has 0 amide bonds. The number of ether oxygens (including phenoxy) is 1. The molecule has 1 N–H and O–H groups in total. The lowest BCUT2D eigenvalue weighted by atomic mass is 10.1. The first kappa shape index (κ1) is 7.54. The molecule has 0 saturated carbocycles. The van der Waals surface area contributed by atoms with E-state index >= 15 is 0 Å². The van der Waals surface area contributed by atoms with Gasteiger partial charge in [0, 0.05) is 13.0 Å². The highest BCUT2D eigenvalue weighted by molar-refractivity contribution is 5.66. The largest absolute Gasteiger partial charge is 0.481 e. The zero-order valence-electron chi connectivity index (χ0n) is 5.88. The standard InChI is InChI=1S/C7H12O3/c8-7(9)4-3-6-2-1-5-10-6/h6H,1-5H2,(H,8,9)/t6-/m1/s1. The Morgan fingerprint density at radius 2 is 2.50 bits per heavy atom. The Bertz CT molecular complexity index is 116. The molecule has 10 heavy (non-hydrogen) atoms. The lowest BCUT2D eigenvalue weighted by molar-refractivity contribution is -0.137. The van der Waals surface area contributed by atoms with Gasteiger partial charge in [-0.2, -0.15) is 0 Å². The van der Waals surface area contributed by atoms with Crippen LogP contribution in [0.5, 0.6) is 0 Å². The number of carboxylic acid groups (broad SMARTS) is 1. The minimum absolute atomic E-state index is 0.219. The molecule has 1 aliphatic heterocycles. The second-order valence-electron chi connectivity index (χ2n) is 2.57. The SMILES string of the molecule is O=C(O)CC[C@H]1CCCO1. The second kappa shape index (κ2) is 3.56. The van der Waals surface area contributed by atoms with E-state index in [2.05, 4.69) is 0 Å². The molecular formula is C7H12O3. The third-order valence-electron chi connectivity index (χ3n) is 1.70. The molecule has 1 fully saturated rings. The summed E-state index contributed by atoms with van der Waals surface area (Å²) < 4.78 is 5.24. The van der Waals surface area contributed by atoms with Crippen LogP contribution in [-0.4, -0.2) is 23.8 Å². The van der Waals surface area contributed by atoms with E-state index in [4.69, 9.17) is 9.84 Å². The number of hydrogen-bond acceptors (Lipinski definition) is 2. The maximum absolute atomic E-state index is 10.1. The van der Waals surface area contributed by atoms with Gasteiger partial charge < -0.3 is 9.84 Å². The van der Waals surface area contributed by atoms with E-state index < -0.39 is 5.97 Å². The molecule has 0 spiro atoms. The summed E-state index contributed by atoms with van der Waals surface area (Å²) in [6.45, 7) is 0.810. The zero-order valence-corrected chi connectivity index (χ0v) is 5.88. The van der Waals surface area contributed by atoms with Gasteiger partial charge in [0.1, 0.15) is 0 Å². The van der Waals surface area contributed by atoms with Crippen LogP contribution in [0.3, 0.4) is 0 Å². The van der Waals surface area contributed by atoms with Gasteiger partial charge in [0.05, 0.1) is 6.10 Å². The highest BCUT2D eigenvalue weighted by Crippen LogP contribution is 2.16. The molecule has 1 saturated heterocycles. The molecule has 58 valence electrons. The predicted molar refractivity (Wildman–Crippen MR) is 35.8 cm³/mol. The summed E-state index contributed by atoms with van der Waals surface area (Å²) in [6, 6.07) is 0. The monoisotopic (exact) mass is 144 g/mol. The minimum atomic E-state index is -0.726. The molecule has 0 bridgehead atoms. The number of rotatable bonds is 3. The predicted octanol–water partition coefficient (Wildman–Crippen LogP) is 1.03. The molecule has 1 atom stereocenters. The molecule has 0 aromatic carbocycles. The maximum Gasteiger partial charge on any atom is 0.303 e. The van der Waals surface area contributed by atoms with Crippen LogP contribution >= 0.6 is 0 Å². The van der Waals surface area contributed by atoms with Crippen molar-refractivity contribution in [1.82, 2.24) is 0 Å². The Balaban J connectivity index is 2.07. The van der Waals surface area contributed by atoms with E-state index in [1.807, 2.05) is 0 Å². The first-order chi connectivity index (χ1) is 4.79. The summed E-state index contributed by atoms with van der Waals surface area (Å²) in [4.78, 5) is 10.1. The van der Waals surface area contributed by atoms with Crippen molar-refractivity contribution in [2.24, 2.45) is 0 Å². The van der Waals surface area contributed by atoms with Gasteiger partial charge in [-0.05, 0) is 19.3 Å². The van der Waals surface area contributed by atoms with E-state index in [0.29, 0.717) is 6.42 Å². The topological polar surface area (TPSA) is 46.5 Å². The van der Waals surface area contributed by atoms with E-state index in [0.717, 1.165) is 19.4 Å². The van der Waals surface area contributed by atoms with Crippen molar-refractivity contribution < 1.29 is 14.6 Å². The van der Waals surface area contributed by atoms with Crippen LogP contribution < -0.4 is 0 Å². The van der Waals surface area contributed by atoms with Crippen LogP contribution in [0.4, 0.5) is 0 Å². The summed E-state index contributed by atoms with van der Waals surface area (Å²) in [5.74, 6) is -0.726. The fourth-order valence-corrected chi connectivity index (χ4v) is 1.16. The summed E-state index contributed by atoms with van der Waals surface area (Å²) in [7, 11) is 0. The number of carboxylic acids is 1. The van der Waals surface area contributed by atoms with Gasteiger partial charge in [0.2, 0.25) is 0 Å². The zero-order chi connectivity index (χ0) is 7.40. The Morgan fingerprint density at radius 3 is 3.00 bits per heavy atom. The molecule has 1 aliphatic rings.